The predicted octanol–water partition coefficient (Wildman–Crippen LogP) is 2.86. The van der Waals surface area contributed by atoms with Crippen molar-refractivity contribution in [3.8, 4) is 0 Å². The maximum atomic E-state index is 5.79. The van der Waals surface area contributed by atoms with E-state index in [4.69, 9.17) is 69.8 Å². The number of hydrazone groups is 1. The maximum absolute atomic E-state index is 5.79. The van der Waals surface area contributed by atoms with Gasteiger partial charge in [-0.15, -0.1) is 0 Å². The zero-order chi connectivity index (χ0) is 10.3. The zero-order valence-corrected chi connectivity index (χ0v) is 10.4. The number of nitrogens with one attached hydrogen (secondary N) is 1. The SMILES string of the molecule is ClN1CNN=C1C(Cl)(Cl)C(Cl)(Cl)Cl. The summed E-state index contributed by atoms with van der Waals surface area (Å²) < 4.78 is -2.57. The van der Waals surface area contributed by atoms with E-state index in [0.29, 0.717) is 0 Å². The maximum Gasteiger partial charge on any atom is 0.230 e. The van der Waals surface area contributed by atoms with E-state index in [9.17, 15) is 0 Å². The molecule has 0 aromatic carbocycles. The number of halogens is 6. The number of nitrogens with zero attached hydrogens (tertiary/aromatic N) is 2. The van der Waals surface area contributed by atoms with E-state index in [1.165, 1.54) is 0 Å². The van der Waals surface area contributed by atoms with Crippen molar-refractivity contribution in [2.45, 2.75) is 8.13 Å². The molecular formula is C4H3Cl6N3. The molecule has 9 heteroatoms. The number of rotatable bonds is 1. The van der Waals surface area contributed by atoms with E-state index < -0.39 is 8.13 Å². The number of alkyl halides is 5. The summed E-state index contributed by atoms with van der Waals surface area (Å²) in [6, 6.07) is 0. The normalized spacial score (nSPS) is 18.6. The van der Waals surface area contributed by atoms with Gasteiger partial charge in [0.2, 0.25) is 8.13 Å². The van der Waals surface area contributed by atoms with E-state index in [-0.39, 0.29) is 12.5 Å². The van der Waals surface area contributed by atoms with Crippen LogP contribution in [0.4, 0.5) is 0 Å². The fourth-order valence-corrected chi connectivity index (χ4v) is 1.50. The Morgan fingerprint density at radius 1 is 1.23 bits per heavy atom. The van der Waals surface area contributed by atoms with Crippen LogP contribution in [-0.4, -0.2) is 25.0 Å². The van der Waals surface area contributed by atoms with Gasteiger partial charge in [-0.25, -0.2) is 4.42 Å². The van der Waals surface area contributed by atoms with Gasteiger partial charge in [-0.05, 0) is 0 Å². The molecule has 0 amide bonds. The van der Waals surface area contributed by atoms with Gasteiger partial charge in [0, 0.05) is 11.8 Å². The molecule has 1 heterocycles. The smallest absolute Gasteiger partial charge is 0.230 e. The van der Waals surface area contributed by atoms with Gasteiger partial charge in [0.05, 0.1) is 0 Å². The minimum Gasteiger partial charge on any atom is -0.287 e. The van der Waals surface area contributed by atoms with Crippen LogP contribution in [0.2, 0.25) is 0 Å². The van der Waals surface area contributed by atoms with Crippen LogP contribution in [-0.2, 0) is 0 Å². The Morgan fingerprint density at radius 2 is 1.77 bits per heavy atom. The molecule has 3 nitrogen and oxygen atoms in total. The molecule has 1 N–H and O–H groups in total. The molecule has 0 aromatic rings. The van der Waals surface area contributed by atoms with Crippen LogP contribution in [0.5, 0.6) is 0 Å². The van der Waals surface area contributed by atoms with Gasteiger partial charge in [-0.3, -0.25) is 5.43 Å². The van der Waals surface area contributed by atoms with Crippen molar-refractivity contribution in [2.24, 2.45) is 5.10 Å². The highest BCUT2D eigenvalue weighted by Gasteiger charge is 2.53. The fourth-order valence-electron chi connectivity index (χ4n) is 0.651. The second-order valence-electron chi connectivity index (χ2n) is 2.19. The summed E-state index contributed by atoms with van der Waals surface area (Å²) in [6.45, 7) is 0.249. The number of hydrogen-bond acceptors (Lipinski definition) is 3. The van der Waals surface area contributed by atoms with Crippen molar-refractivity contribution in [1.29, 1.82) is 0 Å². The van der Waals surface area contributed by atoms with Crippen molar-refractivity contribution < 1.29 is 0 Å². The largest absolute Gasteiger partial charge is 0.287 e. The molecule has 13 heavy (non-hydrogen) atoms. The van der Waals surface area contributed by atoms with Crippen LogP contribution < -0.4 is 5.43 Å². The van der Waals surface area contributed by atoms with Crippen LogP contribution in [0.1, 0.15) is 0 Å². The number of amidine groups is 1. The van der Waals surface area contributed by atoms with Gasteiger partial charge < -0.3 is 0 Å². The molecular weight excluding hydrogens is 303 g/mol. The average Bonchev–Trinajstić information content (AvgIpc) is 2.32. The van der Waals surface area contributed by atoms with Crippen LogP contribution in [0.25, 0.3) is 0 Å². The molecule has 0 unspecified atom stereocenters. The topological polar surface area (TPSA) is 27.6 Å². The fraction of sp³-hybridized carbons (Fsp3) is 0.750. The molecule has 0 bridgehead atoms. The van der Waals surface area contributed by atoms with Gasteiger partial charge in [0.25, 0.3) is 0 Å². The lowest BCUT2D eigenvalue weighted by molar-refractivity contribution is 0.620. The molecule has 76 valence electrons. The Hall–Kier alpha value is 1.01. The highest BCUT2D eigenvalue weighted by atomic mass is 35.6. The summed E-state index contributed by atoms with van der Waals surface area (Å²) in [5.41, 5.74) is 2.54. The van der Waals surface area contributed by atoms with Gasteiger partial charge in [-0.2, -0.15) is 5.10 Å². The molecule has 1 aliphatic heterocycles. The molecule has 0 aliphatic carbocycles. The minimum absolute atomic E-state index is 0.0532. The highest BCUT2D eigenvalue weighted by Crippen LogP contribution is 2.47. The summed E-state index contributed by atoms with van der Waals surface area (Å²) in [5, 5.41) is 3.70. The Labute approximate surface area is 105 Å². The standard InChI is InChI=1S/C4H3Cl6N3/c5-3(6,4(7,8)9)2-12-11-1-13(2)10/h11H,1H2. The van der Waals surface area contributed by atoms with E-state index in [2.05, 4.69) is 10.5 Å². The first kappa shape index (κ1) is 12.1. The Kier molecular flexibility index (Phi) is 3.60. The van der Waals surface area contributed by atoms with Crippen LogP contribution in [0.3, 0.4) is 0 Å². The van der Waals surface area contributed by atoms with E-state index in [0.717, 1.165) is 4.42 Å². The minimum atomic E-state index is -1.91. The third-order valence-electron chi connectivity index (χ3n) is 1.26. The summed E-state index contributed by atoms with van der Waals surface area (Å²) in [4.78, 5) is 0. The molecule has 0 radical (unpaired) electrons. The number of hydrogen-bond donors (Lipinski definition) is 1. The molecule has 0 spiro atoms. The van der Waals surface area contributed by atoms with Crippen molar-refractivity contribution in [1.82, 2.24) is 9.84 Å². The summed E-state index contributed by atoms with van der Waals surface area (Å²) in [6.07, 6.45) is 0. The predicted molar refractivity (Wildman–Crippen MR) is 57.9 cm³/mol. The summed E-state index contributed by atoms with van der Waals surface area (Å²) in [7, 11) is 0. The van der Waals surface area contributed by atoms with E-state index in [1.54, 1.807) is 0 Å². The molecule has 0 atom stereocenters. The first-order valence-electron chi connectivity index (χ1n) is 2.95. The third kappa shape index (κ3) is 2.33. The van der Waals surface area contributed by atoms with Crippen molar-refractivity contribution >= 4 is 75.6 Å². The van der Waals surface area contributed by atoms with Crippen molar-refractivity contribution in [3.05, 3.63) is 0 Å². The van der Waals surface area contributed by atoms with Gasteiger partial charge in [0.1, 0.15) is 6.67 Å². The lowest BCUT2D eigenvalue weighted by atomic mass is 10.4. The molecule has 0 fully saturated rings. The van der Waals surface area contributed by atoms with Gasteiger partial charge in [0.15, 0.2) is 5.84 Å². The molecule has 0 saturated carbocycles. The van der Waals surface area contributed by atoms with Crippen molar-refractivity contribution in [3.63, 3.8) is 0 Å². The Bertz CT molecular complexity index is 233. The summed E-state index contributed by atoms with van der Waals surface area (Å²) in [5.74, 6) is 0.0532. The Morgan fingerprint density at radius 3 is 2.08 bits per heavy atom. The van der Waals surface area contributed by atoms with Crippen LogP contribution in [0.15, 0.2) is 5.10 Å². The molecule has 1 aliphatic rings. The summed E-state index contributed by atoms with van der Waals surface area (Å²) >= 11 is 33.9. The molecule has 0 saturated heterocycles. The van der Waals surface area contributed by atoms with Gasteiger partial charge >= 0.3 is 0 Å². The van der Waals surface area contributed by atoms with E-state index in [1.807, 2.05) is 0 Å². The monoisotopic (exact) mass is 303 g/mol. The van der Waals surface area contributed by atoms with Crippen molar-refractivity contribution in [2.75, 3.05) is 6.67 Å². The Balaban J connectivity index is 2.93. The molecule has 1 rings (SSSR count). The zero-order valence-electron chi connectivity index (χ0n) is 5.87. The second-order valence-corrected chi connectivity index (χ2v) is 6.20. The lowest BCUT2D eigenvalue weighted by Gasteiger charge is -2.28. The highest BCUT2D eigenvalue weighted by molar-refractivity contribution is 6.79. The first-order valence-corrected chi connectivity index (χ1v) is 5.18. The molecule has 0 aromatic heterocycles. The van der Waals surface area contributed by atoms with Gasteiger partial charge in [-0.1, -0.05) is 58.0 Å². The second kappa shape index (κ2) is 3.87. The first-order chi connectivity index (χ1) is 5.77. The van der Waals surface area contributed by atoms with Crippen LogP contribution in [0, 0.1) is 0 Å². The third-order valence-corrected chi connectivity index (χ3v) is 3.88. The average molecular weight is 306 g/mol. The van der Waals surface area contributed by atoms with Crippen LogP contribution >= 0.6 is 69.8 Å². The van der Waals surface area contributed by atoms with E-state index >= 15 is 0 Å². The lowest BCUT2D eigenvalue weighted by Crippen LogP contribution is -2.44. The quantitative estimate of drug-likeness (QED) is 0.596.